The first-order valence-electron chi connectivity index (χ1n) is 4.82. The first-order chi connectivity index (χ1) is 7.13. The third-order valence-corrected chi connectivity index (χ3v) is 2.41. The van der Waals surface area contributed by atoms with Gasteiger partial charge >= 0.3 is 0 Å². The van der Waals surface area contributed by atoms with E-state index in [9.17, 15) is 4.79 Å². The van der Waals surface area contributed by atoms with Crippen molar-refractivity contribution in [3.8, 4) is 0 Å². The van der Waals surface area contributed by atoms with E-state index in [1.54, 1.807) is 24.1 Å². The van der Waals surface area contributed by atoms with E-state index in [1.807, 2.05) is 12.1 Å². The van der Waals surface area contributed by atoms with Crippen LogP contribution in [0.2, 0.25) is 5.02 Å². The van der Waals surface area contributed by atoms with Crippen LogP contribution in [0.25, 0.3) is 0 Å². The first kappa shape index (κ1) is 12.0. The molecule has 0 aliphatic heterocycles. The van der Waals surface area contributed by atoms with Crippen molar-refractivity contribution in [2.24, 2.45) is 5.73 Å². The molecule has 0 aliphatic carbocycles. The fraction of sp³-hybridized carbons (Fsp3) is 0.364. The molecular formula is C11H15ClN2O. The third kappa shape index (κ3) is 3.90. The highest BCUT2D eigenvalue weighted by Crippen LogP contribution is 2.10. The molecule has 0 aliphatic rings. The Bertz CT molecular complexity index is 324. The van der Waals surface area contributed by atoms with Crippen LogP contribution >= 0.6 is 11.6 Å². The van der Waals surface area contributed by atoms with Crippen LogP contribution in [0.3, 0.4) is 0 Å². The maximum atomic E-state index is 11.6. The third-order valence-electron chi connectivity index (χ3n) is 2.16. The molecule has 0 unspecified atom stereocenters. The number of likely N-dealkylation sites (N-methyl/N-ethyl adjacent to an activating group) is 1. The van der Waals surface area contributed by atoms with Gasteiger partial charge in [-0.3, -0.25) is 4.79 Å². The lowest BCUT2D eigenvalue weighted by Crippen LogP contribution is -2.32. The summed E-state index contributed by atoms with van der Waals surface area (Å²) in [5.41, 5.74) is 6.34. The lowest BCUT2D eigenvalue weighted by atomic mass is 10.1. The summed E-state index contributed by atoms with van der Waals surface area (Å²) in [7, 11) is 1.76. The lowest BCUT2D eigenvalue weighted by molar-refractivity contribution is -0.129. The molecule has 0 bridgehead atoms. The molecule has 0 aromatic heterocycles. The topological polar surface area (TPSA) is 46.3 Å². The Morgan fingerprint density at radius 1 is 1.40 bits per heavy atom. The summed E-state index contributed by atoms with van der Waals surface area (Å²) < 4.78 is 0. The summed E-state index contributed by atoms with van der Waals surface area (Å²) in [5, 5.41) is 0.682. The number of hydrogen-bond acceptors (Lipinski definition) is 2. The van der Waals surface area contributed by atoms with Gasteiger partial charge in [0.2, 0.25) is 5.91 Å². The fourth-order valence-electron chi connectivity index (χ4n) is 1.23. The molecule has 4 heteroatoms. The van der Waals surface area contributed by atoms with Crippen molar-refractivity contribution in [2.75, 3.05) is 20.1 Å². The maximum Gasteiger partial charge on any atom is 0.226 e. The lowest BCUT2D eigenvalue weighted by Gasteiger charge is -2.15. The largest absolute Gasteiger partial charge is 0.344 e. The second-order valence-corrected chi connectivity index (χ2v) is 3.84. The van der Waals surface area contributed by atoms with Gasteiger partial charge in [-0.05, 0) is 17.7 Å². The van der Waals surface area contributed by atoms with Crippen LogP contribution in [0.5, 0.6) is 0 Å². The molecule has 0 saturated carbocycles. The number of amides is 1. The first-order valence-corrected chi connectivity index (χ1v) is 5.19. The van der Waals surface area contributed by atoms with Crippen molar-refractivity contribution in [1.82, 2.24) is 4.90 Å². The fourth-order valence-corrected chi connectivity index (χ4v) is 1.36. The van der Waals surface area contributed by atoms with E-state index in [0.717, 1.165) is 5.56 Å². The summed E-state index contributed by atoms with van der Waals surface area (Å²) in [6, 6.07) is 7.28. The molecule has 1 aromatic rings. The van der Waals surface area contributed by atoms with Crippen LogP contribution in [0.1, 0.15) is 5.56 Å². The number of nitrogens with two attached hydrogens (primary N) is 1. The average Bonchev–Trinajstić information content (AvgIpc) is 2.22. The number of carbonyl (C=O) groups is 1. The zero-order chi connectivity index (χ0) is 11.3. The summed E-state index contributed by atoms with van der Waals surface area (Å²) >= 11 is 5.75. The van der Waals surface area contributed by atoms with Crippen LogP contribution in [0, 0.1) is 0 Å². The molecule has 1 rings (SSSR count). The molecule has 0 spiro atoms. The van der Waals surface area contributed by atoms with Crippen LogP contribution in [0.15, 0.2) is 24.3 Å². The van der Waals surface area contributed by atoms with Gasteiger partial charge in [-0.25, -0.2) is 0 Å². The summed E-state index contributed by atoms with van der Waals surface area (Å²) in [5.74, 6) is 0.0720. The van der Waals surface area contributed by atoms with Crippen molar-refractivity contribution < 1.29 is 4.79 Å². The molecule has 1 aromatic carbocycles. The van der Waals surface area contributed by atoms with E-state index in [2.05, 4.69) is 0 Å². The Kier molecular flexibility index (Phi) is 4.59. The normalized spacial score (nSPS) is 10.1. The summed E-state index contributed by atoms with van der Waals surface area (Å²) in [6.07, 6.45) is 0.396. The van der Waals surface area contributed by atoms with Gasteiger partial charge in [-0.2, -0.15) is 0 Å². The quantitative estimate of drug-likeness (QED) is 0.841. The Hall–Kier alpha value is -1.06. The average molecular weight is 227 g/mol. The molecule has 2 N–H and O–H groups in total. The maximum absolute atomic E-state index is 11.6. The number of nitrogens with zero attached hydrogens (tertiary/aromatic N) is 1. The van der Waals surface area contributed by atoms with Crippen LogP contribution in [0.4, 0.5) is 0 Å². The standard InChI is InChI=1S/C11H15ClN2O/c1-14(7-6-13)11(15)8-9-2-4-10(12)5-3-9/h2-5H,6-8,13H2,1H3. The highest BCUT2D eigenvalue weighted by atomic mass is 35.5. The van der Waals surface area contributed by atoms with Crippen molar-refractivity contribution in [3.63, 3.8) is 0 Å². The molecule has 0 fully saturated rings. The molecule has 82 valence electrons. The van der Waals surface area contributed by atoms with Crippen molar-refractivity contribution in [3.05, 3.63) is 34.9 Å². The number of carbonyl (C=O) groups excluding carboxylic acids is 1. The van der Waals surface area contributed by atoms with Crippen LogP contribution in [-0.2, 0) is 11.2 Å². The van der Waals surface area contributed by atoms with Crippen molar-refractivity contribution >= 4 is 17.5 Å². The zero-order valence-electron chi connectivity index (χ0n) is 8.74. The Morgan fingerprint density at radius 3 is 2.53 bits per heavy atom. The molecule has 0 heterocycles. The van der Waals surface area contributed by atoms with Gasteiger partial charge in [0.25, 0.3) is 0 Å². The van der Waals surface area contributed by atoms with Gasteiger partial charge < -0.3 is 10.6 Å². The highest BCUT2D eigenvalue weighted by molar-refractivity contribution is 6.30. The Morgan fingerprint density at radius 2 is 2.00 bits per heavy atom. The molecule has 0 radical (unpaired) electrons. The number of benzene rings is 1. The van der Waals surface area contributed by atoms with Gasteiger partial charge in [0.15, 0.2) is 0 Å². The minimum absolute atomic E-state index is 0.0720. The van der Waals surface area contributed by atoms with Crippen molar-refractivity contribution in [1.29, 1.82) is 0 Å². The number of halogens is 1. The van der Waals surface area contributed by atoms with Gasteiger partial charge in [0.1, 0.15) is 0 Å². The van der Waals surface area contributed by atoms with Gasteiger partial charge in [-0.1, -0.05) is 23.7 Å². The predicted molar refractivity (Wildman–Crippen MR) is 61.8 cm³/mol. The summed E-state index contributed by atoms with van der Waals surface area (Å²) in [4.78, 5) is 13.3. The van der Waals surface area contributed by atoms with Gasteiger partial charge in [0, 0.05) is 25.2 Å². The molecule has 0 atom stereocenters. The van der Waals surface area contributed by atoms with Crippen molar-refractivity contribution in [2.45, 2.75) is 6.42 Å². The minimum atomic E-state index is 0.0720. The van der Waals surface area contributed by atoms with Gasteiger partial charge in [0.05, 0.1) is 6.42 Å². The molecule has 15 heavy (non-hydrogen) atoms. The van der Waals surface area contributed by atoms with Gasteiger partial charge in [-0.15, -0.1) is 0 Å². The van der Waals surface area contributed by atoms with Crippen LogP contribution in [-0.4, -0.2) is 30.9 Å². The SMILES string of the molecule is CN(CCN)C(=O)Cc1ccc(Cl)cc1. The van der Waals surface area contributed by atoms with Crippen LogP contribution < -0.4 is 5.73 Å². The summed E-state index contributed by atoms with van der Waals surface area (Å²) in [6.45, 7) is 1.08. The zero-order valence-corrected chi connectivity index (χ0v) is 9.50. The van der Waals surface area contributed by atoms with E-state index in [0.29, 0.717) is 24.5 Å². The molecule has 0 saturated heterocycles. The van der Waals surface area contributed by atoms with E-state index < -0.39 is 0 Å². The van der Waals surface area contributed by atoms with E-state index >= 15 is 0 Å². The van der Waals surface area contributed by atoms with E-state index in [1.165, 1.54) is 0 Å². The molecule has 3 nitrogen and oxygen atoms in total. The monoisotopic (exact) mass is 226 g/mol. The molecule has 1 amide bonds. The second kappa shape index (κ2) is 5.73. The Balaban J connectivity index is 2.54. The smallest absolute Gasteiger partial charge is 0.226 e. The van der Waals surface area contributed by atoms with E-state index in [4.69, 9.17) is 17.3 Å². The minimum Gasteiger partial charge on any atom is -0.344 e. The highest BCUT2D eigenvalue weighted by Gasteiger charge is 2.08. The number of rotatable bonds is 4. The molecular weight excluding hydrogens is 212 g/mol. The number of hydrogen-bond donors (Lipinski definition) is 1. The Labute approximate surface area is 94.8 Å². The second-order valence-electron chi connectivity index (χ2n) is 3.41. The predicted octanol–water partition coefficient (Wildman–Crippen LogP) is 1.30. The van der Waals surface area contributed by atoms with E-state index in [-0.39, 0.29) is 5.91 Å².